The fourth-order valence-corrected chi connectivity index (χ4v) is 5.18. The van der Waals surface area contributed by atoms with Gasteiger partial charge in [-0.15, -0.1) is 11.3 Å². The fraction of sp³-hybridized carbons (Fsp3) is 0.579. The molecule has 1 aliphatic rings. The van der Waals surface area contributed by atoms with Crippen molar-refractivity contribution in [3.8, 4) is 0 Å². The summed E-state index contributed by atoms with van der Waals surface area (Å²) in [7, 11) is 0. The number of hydrogen-bond donors (Lipinski definition) is 2. The van der Waals surface area contributed by atoms with Crippen LogP contribution in [0.3, 0.4) is 0 Å². The average molecular weight is 424 g/mol. The van der Waals surface area contributed by atoms with Crippen molar-refractivity contribution in [1.82, 2.24) is 15.3 Å². The molecule has 2 N–H and O–H groups in total. The molecule has 0 saturated carbocycles. The lowest BCUT2D eigenvalue weighted by atomic mass is 10.2. The maximum Gasteiger partial charge on any atom is 0.307 e. The van der Waals surface area contributed by atoms with Crippen LogP contribution in [0.1, 0.15) is 48.9 Å². The topological polar surface area (TPSA) is 101 Å². The van der Waals surface area contributed by atoms with Crippen molar-refractivity contribution in [3.63, 3.8) is 0 Å². The number of thiophene rings is 1. The number of unbranched alkanes of at least 4 members (excludes halogenated alkanes) is 1. The molecular weight excluding hydrogens is 398 g/mol. The summed E-state index contributed by atoms with van der Waals surface area (Å²) in [4.78, 5) is 45.2. The van der Waals surface area contributed by atoms with Gasteiger partial charge in [0, 0.05) is 17.2 Å². The van der Waals surface area contributed by atoms with E-state index in [2.05, 4.69) is 15.3 Å². The Morgan fingerprint density at radius 3 is 3.04 bits per heavy atom. The molecule has 0 bridgehead atoms. The molecule has 1 aliphatic carbocycles. The van der Waals surface area contributed by atoms with Crippen molar-refractivity contribution in [2.75, 3.05) is 18.9 Å². The lowest BCUT2D eigenvalue weighted by Gasteiger charge is -2.06. The van der Waals surface area contributed by atoms with Crippen LogP contribution in [0.5, 0.6) is 0 Å². The van der Waals surface area contributed by atoms with Crippen LogP contribution >= 0.6 is 23.1 Å². The van der Waals surface area contributed by atoms with E-state index in [-0.39, 0.29) is 24.5 Å². The molecule has 0 spiro atoms. The molecule has 28 heavy (non-hydrogen) atoms. The number of carbonyl (C=O) groups is 2. The van der Waals surface area contributed by atoms with Crippen LogP contribution < -0.4 is 10.9 Å². The van der Waals surface area contributed by atoms with Crippen molar-refractivity contribution < 1.29 is 14.3 Å². The largest absolute Gasteiger partial charge is 0.456 e. The van der Waals surface area contributed by atoms with Crippen LogP contribution in [-0.4, -0.2) is 40.7 Å². The number of nitrogens with one attached hydrogen (secondary N) is 2. The van der Waals surface area contributed by atoms with Gasteiger partial charge in [-0.2, -0.15) is 11.8 Å². The second-order valence-corrected chi connectivity index (χ2v) is 8.91. The number of ether oxygens (including phenoxy) is 1. The number of hydrogen-bond acceptors (Lipinski definition) is 7. The molecule has 2 heterocycles. The predicted molar refractivity (Wildman–Crippen MR) is 112 cm³/mol. The summed E-state index contributed by atoms with van der Waals surface area (Å²) >= 11 is 3.13. The number of amides is 1. The molecule has 0 radical (unpaired) electrons. The molecule has 1 amide bonds. The zero-order valence-corrected chi connectivity index (χ0v) is 17.6. The molecule has 0 aromatic carbocycles. The van der Waals surface area contributed by atoms with E-state index in [4.69, 9.17) is 4.74 Å². The summed E-state index contributed by atoms with van der Waals surface area (Å²) in [5, 5.41) is 3.46. The molecule has 0 fully saturated rings. The van der Waals surface area contributed by atoms with E-state index < -0.39 is 5.97 Å². The Labute approximate surface area is 171 Å². The number of aryl methyl sites for hydroxylation is 2. The smallest absolute Gasteiger partial charge is 0.307 e. The number of esters is 1. The van der Waals surface area contributed by atoms with Gasteiger partial charge in [0.1, 0.15) is 10.7 Å². The Hall–Kier alpha value is -1.87. The van der Waals surface area contributed by atoms with Crippen molar-refractivity contribution in [2.45, 2.75) is 51.2 Å². The van der Waals surface area contributed by atoms with Gasteiger partial charge in [0.25, 0.3) is 11.5 Å². The second kappa shape index (κ2) is 10.1. The van der Waals surface area contributed by atoms with Gasteiger partial charge < -0.3 is 15.0 Å². The first-order chi connectivity index (χ1) is 13.6. The summed E-state index contributed by atoms with van der Waals surface area (Å²) in [6.07, 6.45) is 5.24. The van der Waals surface area contributed by atoms with Crippen LogP contribution in [0.25, 0.3) is 10.2 Å². The molecule has 7 nitrogen and oxygen atoms in total. The van der Waals surface area contributed by atoms with Crippen molar-refractivity contribution in [3.05, 3.63) is 26.6 Å². The van der Waals surface area contributed by atoms with Crippen LogP contribution in [0, 0.1) is 0 Å². The lowest BCUT2D eigenvalue weighted by Crippen LogP contribution is -2.29. The van der Waals surface area contributed by atoms with E-state index in [0.29, 0.717) is 23.9 Å². The summed E-state index contributed by atoms with van der Waals surface area (Å²) in [6.45, 7) is 2.41. The molecule has 3 rings (SSSR count). The first-order valence-corrected chi connectivity index (χ1v) is 11.6. The maximum atomic E-state index is 12.4. The third-order valence-electron chi connectivity index (χ3n) is 4.53. The van der Waals surface area contributed by atoms with Gasteiger partial charge in [0.2, 0.25) is 0 Å². The van der Waals surface area contributed by atoms with Gasteiger partial charge >= 0.3 is 5.97 Å². The number of nitrogens with zero attached hydrogens (tertiary/aromatic N) is 1. The third kappa shape index (κ3) is 5.35. The van der Waals surface area contributed by atoms with E-state index >= 15 is 0 Å². The molecule has 2 aromatic heterocycles. The van der Waals surface area contributed by atoms with Gasteiger partial charge in [-0.05, 0) is 31.2 Å². The lowest BCUT2D eigenvalue weighted by molar-refractivity contribution is -0.148. The van der Waals surface area contributed by atoms with Crippen LogP contribution in [0.4, 0.5) is 0 Å². The van der Waals surface area contributed by atoms with E-state index in [1.165, 1.54) is 22.2 Å². The van der Waals surface area contributed by atoms with Crippen molar-refractivity contribution in [1.29, 1.82) is 0 Å². The van der Waals surface area contributed by atoms with Crippen molar-refractivity contribution >= 4 is 45.2 Å². The van der Waals surface area contributed by atoms with E-state index in [1.807, 2.05) is 6.92 Å². The second-order valence-electron chi connectivity index (χ2n) is 6.72. The Morgan fingerprint density at radius 1 is 1.36 bits per heavy atom. The highest BCUT2D eigenvalue weighted by atomic mass is 32.2. The van der Waals surface area contributed by atoms with Gasteiger partial charge in [0.15, 0.2) is 6.61 Å². The number of rotatable bonds is 10. The fourth-order valence-electron chi connectivity index (χ4n) is 3.11. The van der Waals surface area contributed by atoms with E-state index in [9.17, 15) is 14.4 Å². The van der Waals surface area contributed by atoms with Crippen LogP contribution in [-0.2, 0) is 32.9 Å². The highest BCUT2D eigenvalue weighted by molar-refractivity contribution is 7.98. The number of carbonyl (C=O) groups excluding carboxylic acids is 2. The minimum Gasteiger partial charge on any atom is -0.456 e. The van der Waals surface area contributed by atoms with Crippen molar-refractivity contribution in [2.24, 2.45) is 0 Å². The zero-order chi connectivity index (χ0) is 19.9. The van der Waals surface area contributed by atoms with E-state index in [0.717, 1.165) is 42.3 Å². The number of H-pyrrole nitrogens is 1. The molecule has 0 atom stereocenters. The average Bonchev–Trinajstić information content (AvgIpc) is 3.24. The Balaban J connectivity index is 1.40. The minimum atomic E-state index is -0.398. The Kier molecular flexibility index (Phi) is 7.50. The molecule has 0 saturated heterocycles. The number of fused-ring (bicyclic) bond motifs is 3. The highest BCUT2D eigenvalue weighted by Crippen LogP contribution is 2.34. The van der Waals surface area contributed by atoms with Crippen LogP contribution in [0.15, 0.2) is 4.79 Å². The van der Waals surface area contributed by atoms with Gasteiger partial charge in [0.05, 0.1) is 17.6 Å². The summed E-state index contributed by atoms with van der Waals surface area (Å²) in [6, 6.07) is 0. The van der Waals surface area contributed by atoms with Gasteiger partial charge in [-0.3, -0.25) is 14.4 Å². The molecule has 152 valence electrons. The predicted octanol–water partition coefficient (Wildman–Crippen LogP) is 2.56. The SMILES string of the molecule is CCCCNC(=O)COC(=O)CCSCc1nc2sc3c(c2c(=O)[nH]1)CCC3. The number of aromatic amines is 1. The maximum absolute atomic E-state index is 12.4. The standard InChI is InChI=1S/C19H25N3O4S2/c1-2-3-8-20-15(23)10-26-16(24)7-9-27-11-14-21-18(25)17-12-5-4-6-13(12)28-19(17)22-14/h2-11H2,1H3,(H,20,23)(H,21,22,25). The first kappa shape index (κ1) is 20.9. The van der Waals surface area contributed by atoms with Crippen LogP contribution in [0.2, 0.25) is 0 Å². The van der Waals surface area contributed by atoms with E-state index in [1.54, 1.807) is 11.3 Å². The monoisotopic (exact) mass is 423 g/mol. The number of thioether (sulfide) groups is 1. The Bertz CT molecular complexity index is 906. The zero-order valence-electron chi connectivity index (χ0n) is 16.0. The van der Waals surface area contributed by atoms with Gasteiger partial charge in [-0.1, -0.05) is 13.3 Å². The molecule has 0 unspecified atom stereocenters. The normalized spacial score (nSPS) is 12.9. The molecule has 9 heteroatoms. The molecule has 2 aromatic rings. The third-order valence-corrected chi connectivity index (χ3v) is 6.69. The number of aromatic nitrogens is 2. The summed E-state index contributed by atoms with van der Waals surface area (Å²) in [5.74, 6) is 1.03. The molecule has 0 aliphatic heterocycles. The minimum absolute atomic E-state index is 0.0616. The molecular formula is C19H25N3O4S2. The summed E-state index contributed by atoms with van der Waals surface area (Å²) < 4.78 is 4.96. The Morgan fingerprint density at radius 2 is 2.21 bits per heavy atom. The highest BCUT2D eigenvalue weighted by Gasteiger charge is 2.21. The summed E-state index contributed by atoms with van der Waals surface area (Å²) in [5.41, 5.74) is 1.11. The first-order valence-electron chi connectivity index (χ1n) is 9.62. The van der Waals surface area contributed by atoms with Gasteiger partial charge in [-0.25, -0.2) is 4.98 Å². The quantitative estimate of drug-likeness (QED) is 0.450.